The summed E-state index contributed by atoms with van der Waals surface area (Å²) in [5.41, 5.74) is 1.43. The minimum absolute atomic E-state index is 0.292. The Labute approximate surface area is 89.2 Å². The first kappa shape index (κ1) is 10.1. The maximum Gasteiger partial charge on any atom is 0.0558 e. The first-order chi connectivity index (χ1) is 6.90. The Kier molecular flexibility index (Phi) is 3.56. The molecule has 1 fully saturated rings. The van der Waals surface area contributed by atoms with Crippen LogP contribution in [0.4, 0.5) is 0 Å². The van der Waals surface area contributed by atoms with Crippen LogP contribution in [0.25, 0.3) is 0 Å². The van der Waals surface area contributed by atoms with E-state index in [-0.39, 0.29) is 0 Å². The number of rotatable bonds is 6. The van der Waals surface area contributed by atoms with E-state index in [9.17, 15) is 0 Å². The molecular weight excluding hydrogens is 194 g/mol. The first-order valence-corrected chi connectivity index (χ1v) is 6.20. The molecule has 0 saturated heterocycles. The molecule has 78 valence electrons. The highest BCUT2D eigenvalue weighted by molar-refractivity contribution is 7.07. The summed E-state index contributed by atoms with van der Waals surface area (Å²) in [4.78, 5) is 2.41. The fourth-order valence-electron chi connectivity index (χ4n) is 1.75. The van der Waals surface area contributed by atoms with Crippen molar-refractivity contribution in [2.45, 2.75) is 25.3 Å². The second-order valence-corrected chi connectivity index (χ2v) is 4.65. The van der Waals surface area contributed by atoms with Gasteiger partial charge < -0.3 is 5.11 Å². The number of nitrogens with zero attached hydrogens (tertiary/aromatic N) is 1. The van der Waals surface area contributed by atoms with Gasteiger partial charge in [-0.05, 0) is 41.7 Å². The molecule has 0 aliphatic heterocycles. The minimum Gasteiger partial charge on any atom is -0.395 e. The van der Waals surface area contributed by atoms with Crippen LogP contribution in [0, 0.1) is 0 Å². The van der Waals surface area contributed by atoms with E-state index < -0.39 is 0 Å². The van der Waals surface area contributed by atoms with E-state index in [1.807, 2.05) is 0 Å². The van der Waals surface area contributed by atoms with E-state index >= 15 is 0 Å². The number of hydrogen-bond acceptors (Lipinski definition) is 3. The lowest BCUT2D eigenvalue weighted by atomic mass is 10.2. The summed E-state index contributed by atoms with van der Waals surface area (Å²) in [6.45, 7) is 2.23. The fourth-order valence-corrected chi connectivity index (χ4v) is 2.46. The van der Waals surface area contributed by atoms with Crippen molar-refractivity contribution in [3.05, 3.63) is 22.4 Å². The van der Waals surface area contributed by atoms with E-state index in [1.54, 1.807) is 11.3 Å². The van der Waals surface area contributed by atoms with Crippen molar-refractivity contribution in [1.29, 1.82) is 0 Å². The van der Waals surface area contributed by atoms with Crippen LogP contribution in [0.2, 0.25) is 0 Å². The summed E-state index contributed by atoms with van der Waals surface area (Å²) in [6, 6.07) is 2.95. The molecule has 1 aliphatic rings. The highest BCUT2D eigenvalue weighted by atomic mass is 32.1. The Morgan fingerprint density at radius 3 is 2.86 bits per heavy atom. The molecule has 1 heterocycles. The molecule has 0 atom stereocenters. The van der Waals surface area contributed by atoms with Gasteiger partial charge in [0.05, 0.1) is 6.61 Å². The molecule has 0 radical (unpaired) electrons. The molecule has 1 saturated carbocycles. The summed E-state index contributed by atoms with van der Waals surface area (Å²) in [5, 5.41) is 13.3. The van der Waals surface area contributed by atoms with Gasteiger partial charge in [-0.25, -0.2) is 0 Å². The molecule has 0 spiro atoms. The topological polar surface area (TPSA) is 23.5 Å². The van der Waals surface area contributed by atoms with Crippen molar-refractivity contribution in [3.63, 3.8) is 0 Å². The molecular formula is C11H17NOS. The highest BCUT2D eigenvalue weighted by Gasteiger charge is 2.27. The predicted molar refractivity (Wildman–Crippen MR) is 59.7 cm³/mol. The Hall–Kier alpha value is -0.380. The zero-order chi connectivity index (χ0) is 9.80. The zero-order valence-corrected chi connectivity index (χ0v) is 9.17. The maximum absolute atomic E-state index is 8.93. The zero-order valence-electron chi connectivity index (χ0n) is 8.35. The third kappa shape index (κ3) is 2.80. The van der Waals surface area contributed by atoms with Crippen LogP contribution in [0.3, 0.4) is 0 Å². The van der Waals surface area contributed by atoms with Gasteiger partial charge in [0, 0.05) is 19.1 Å². The third-order valence-corrected chi connectivity index (χ3v) is 3.45. The standard InChI is InChI=1S/C11H17NOS/c13-7-6-12(11-1-2-11)5-3-10-4-8-14-9-10/h4,8-9,11,13H,1-3,5-7H2. The molecule has 1 aromatic heterocycles. The van der Waals surface area contributed by atoms with Gasteiger partial charge in [-0.2, -0.15) is 11.3 Å². The molecule has 0 aromatic carbocycles. The Balaban J connectivity index is 1.76. The van der Waals surface area contributed by atoms with Gasteiger partial charge in [-0.1, -0.05) is 0 Å². The SMILES string of the molecule is OCCN(CCc1ccsc1)C1CC1. The van der Waals surface area contributed by atoms with Gasteiger partial charge in [0.2, 0.25) is 0 Å². The quantitative estimate of drug-likeness (QED) is 0.775. The molecule has 2 rings (SSSR count). The van der Waals surface area contributed by atoms with E-state index in [0.717, 1.165) is 25.6 Å². The largest absolute Gasteiger partial charge is 0.395 e. The van der Waals surface area contributed by atoms with Crippen LogP contribution in [0.15, 0.2) is 16.8 Å². The Bertz CT molecular complexity index is 256. The maximum atomic E-state index is 8.93. The lowest BCUT2D eigenvalue weighted by Gasteiger charge is -2.20. The van der Waals surface area contributed by atoms with Crippen molar-refractivity contribution in [3.8, 4) is 0 Å². The van der Waals surface area contributed by atoms with E-state index in [1.165, 1.54) is 18.4 Å². The van der Waals surface area contributed by atoms with Gasteiger partial charge >= 0.3 is 0 Å². The fraction of sp³-hybridized carbons (Fsp3) is 0.636. The molecule has 0 unspecified atom stereocenters. The first-order valence-electron chi connectivity index (χ1n) is 5.26. The Morgan fingerprint density at radius 2 is 2.29 bits per heavy atom. The molecule has 1 aromatic rings. The number of aliphatic hydroxyl groups excluding tert-OH is 1. The number of hydrogen-bond donors (Lipinski definition) is 1. The van der Waals surface area contributed by atoms with Crippen molar-refractivity contribution >= 4 is 11.3 Å². The second kappa shape index (κ2) is 4.91. The van der Waals surface area contributed by atoms with Gasteiger partial charge in [0.25, 0.3) is 0 Å². The van der Waals surface area contributed by atoms with Gasteiger partial charge in [0.1, 0.15) is 0 Å². The van der Waals surface area contributed by atoms with Crippen LogP contribution in [0.5, 0.6) is 0 Å². The number of thiophene rings is 1. The lowest BCUT2D eigenvalue weighted by Crippen LogP contribution is -2.31. The Morgan fingerprint density at radius 1 is 1.43 bits per heavy atom. The lowest BCUT2D eigenvalue weighted by molar-refractivity contribution is 0.191. The molecule has 14 heavy (non-hydrogen) atoms. The van der Waals surface area contributed by atoms with E-state index in [0.29, 0.717) is 6.61 Å². The van der Waals surface area contributed by atoms with Crippen LogP contribution < -0.4 is 0 Å². The third-order valence-electron chi connectivity index (χ3n) is 2.72. The summed E-state index contributed by atoms with van der Waals surface area (Å²) < 4.78 is 0. The highest BCUT2D eigenvalue weighted by Crippen LogP contribution is 2.26. The van der Waals surface area contributed by atoms with Crippen molar-refractivity contribution in [1.82, 2.24) is 4.90 Å². The molecule has 1 N–H and O–H groups in total. The summed E-state index contributed by atoms with van der Waals surface area (Å²) >= 11 is 1.76. The average molecular weight is 211 g/mol. The molecule has 3 heteroatoms. The van der Waals surface area contributed by atoms with Crippen molar-refractivity contribution in [2.75, 3.05) is 19.7 Å². The van der Waals surface area contributed by atoms with Crippen LogP contribution >= 0.6 is 11.3 Å². The normalized spacial score (nSPS) is 16.4. The number of aliphatic hydroxyl groups is 1. The molecule has 1 aliphatic carbocycles. The van der Waals surface area contributed by atoms with Crippen molar-refractivity contribution in [2.24, 2.45) is 0 Å². The van der Waals surface area contributed by atoms with Gasteiger partial charge in [-0.3, -0.25) is 4.90 Å². The summed E-state index contributed by atoms with van der Waals surface area (Å²) in [6.07, 6.45) is 3.77. The monoisotopic (exact) mass is 211 g/mol. The van der Waals surface area contributed by atoms with Gasteiger partial charge in [0.15, 0.2) is 0 Å². The molecule has 0 bridgehead atoms. The van der Waals surface area contributed by atoms with Crippen LogP contribution in [-0.4, -0.2) is 35.7 Å². The predicted octanol–water partition coefficient (Wildman–Crippen LogP) is 1.75. The van der Waals surface area contributed by atoms with Crippen LogP contribution in [0.1, 0.15) is 18.4 Å². The summed E-state index contributed by atoms with van der Waals surface area (Å²) in [7, 11) is 0. The van der Waals surface area contributed by atoms with E-state index in [4.69, 9.17) is 5.11 Å². The van der Waals surface area contributed by atoms with Crippen molar-refractivity contribution < 1.29 is 5.11 Å². The van der Waals surface area contributed by atoms with Crippen LogP contribution in [-0.2, 0) is 6.42 Å². The minimum atomic E-state index is 0.292. The molecule has 2 nitrogen and oxygen atoms in total. The smallest absolute Gasteiger partial charge is 0.0558 e. The van der Waals surface area contributed by atoms with Gasteiger partial charge in [-0.15, -0.1) is 0 Å². The van der Waals surface area contributed by atoms with E-state index in [2.05, 4.69) is 21.7 Å². The second-order valence-electron chi connectivity index (χ2n) is 3.87. The molecule has 0 amide bonds. The summed E-state index contributed by atoms with van der Waals surface area (Å²) in [5.74, 6) is 0. The average Bonchev–Trinajstić information content (AvgIpc) is 2.90.